The molecule has 0 radical (unpaired) electrons. The molecule has 0 unspecified atom stereocenters. The Balaban J connectivity index is 2.02. The molecule has 0 bridgehead atoms. The number of hydrogen-bond donors (Lipinski definition) is 0. The first-order chi connectivity index (χ1) is 10.3. The Labute approximate surface area is 125 Å². The molecule has 0 saturated carbocycles. The van der Waals surface area contributed by atoms with Gasteiger partial charge in [-0.15, -0.1) is 11.6 Å². The third kappa shape index (κ3) is 2.04. The second-order valence-electron chi connectivity index (χ2n) is 4.66. The van der Waals surface area contributed by atoms with Gasteiger partial charge in [-0.1, -0.05) is 18.2 Å². The number of fused-ring (bicyclic) bond motifs is 2. The van der Waals surface area contributed by atoms with E-state index >= 15 is 0 Å². The number of alkyl halides is 1. The Kier molecular flexibility index (Phi) is 2.82. The van der Waals surface area contributed by atoms with Crippen molar-refractivity contribution in [2.75, 3.05) is 0 Å². The number of oxazole rings is 1. The molecular weight excluding hydrogens is 286 g/mol. The summed E-state index contributed by atoms with van der Waals surface area (Å²) in [6, 6.07) is 13.6. The highest BCUT2D eigenvalue weighted by atomic mass is 35.5. The Bertz CT molecular complexity index is 948. The van der Waals surface area contributed by atoms with Gasteiger partial charge in [0.15, 0.2) is 0 Å². The fourth-order valence-corrected chi connectivity index (χ4v) is 2.43. The summed E-state index contributed by atoms with van der Waals surface area (Å²) < 4.78 is 5.50. The summed E-state index contributed by atoms with van der Waals surface area (Å²) in [6.07, 6.45) is 1.57. The van der Waals surface area contributed by atoms with Crippen molar-refractivity contribution in [1.29, 1.82) is 0 Å². The van der Waals surface area contributed by atoms with Gasteiger partial charge in [-0.05, 0) is 24.3 Å². The molecule has 4 aromatic rings. The Morgan fingerprint density at radius 1 is 0.857 bits per heavy atom. The van der Waals surface area contributed by atoms with E-state index in [1.165, 1.54) is 0 Å². The molecule has 4 rings (SSSR count). The maximum absolute atomic E-state index is 5.77. The molecule has 0 aliphatic rings. The van der Waals surface area contributed by atoms with Gasteiger partial charge in [-0.2, -0.15) is 0 Å². The fourth-order valence-electron chi connectivity index (χ4n) is 2.31. The summed E-state index contributed by atoms with van der Waals surface area (Å²) in [4.78, 5) is 13.7. The first-order valence-electron chi connectivity index (χ1n) is 6.51. The number of aromatic nitrogens is 3. The summed E-state index contributed by atoms with van der Waals surface area (Å²) in [7, 11) is 0. The van der Waals surface area contributed by atoms with E-state index in [4.69, 9.17) is 21.0 Å². The van der Waals surface area contributed by atoms with Crippen molar-refractivity contribution in [2.24, 2.45) is 0 Å². The Morgan fingerprint density at radius 3 is 2.38 bits per heavy atom. The topological polar surface area (TPSA) is 51.8 Å². The van der Waals surface area contributed by atoms with Gasteiger partial charge in [0.2, 0.25) is 5.89 Å². The van der Waals surface area contributed by atoms with Gasteiger partial charge in [0.1, 0.15) is 11.8 Å². The van der Waals surface area contributed by atoms with E-state index in [1.54, 1.807) is 6.26 Å². The lowest BCUT2D eigenvalue weighted by molar-refractivity contribution is 0.574. The molecule has 0 aliphatic carbocycles. The minimum Gasteiger partial charge on any atom is -0.444 e. The molecular formula is C16H10ClN3O. The molecule has 0 N–H and O–H groups in total. The van der Waals surface area contributed by atoms with E-state index < -0.39 is 0 Å². The minimum absolute atomic E-state index is 0.322. The van der Waals surface area contributed by atoms with Crippen LogP contribution in [-0.4, -0.2) is 15.0 Å². The molecule has 0 saturated heterocycles. The number of halogens is 1. The van der Waals surface area contributed by atoms with Crippen LogP contribution in [0, 0.1) is 0 Å². The van der Waals surface area contributed by atoms with Crippen molar-refractivity contribution < 1.29 is 4.42 Å². The maximum atomic E-state index is 5.77. The first kappa shape index (κ1) is 12.3. The largest absolute Gasteiger partial charge is 0.444 e. The smallest absolute Gasteiger partial charge is 0.228 e. The Hall–Kier alpha value is -2.46. The van der Waals surface area contributed by atoms with Crippen LogP contribution in [0.5, 0.6) is 0 Å². The second kappa shape index (κ2) is 4.82. The zero-order valence-electron chi connectivity index (χ0n) is 11.0. The minimum atomic E-state index is 0.322. The number of benzene rings is 2. The van der Waals surface area contributed by atoms with Crippen LogP contribution in [0.4, 0.5) is 0 Å². The molecule has 0 atom stereocenters. The van der Waals surface area contributed by atoms with Crippen LogP contribution in [0.1, 0.15) is 5.69 Å². The molecule has 0 spiro atoms. The zero-order valence-corrected chi connectivity index (χ0v) is 11.7. The van der Waals surface area contributed by atoms with Crippen molar-refractivity contribution in [3.05, 3.63) is 54.4 Å². The molecule has 21 heavy (non-hydrogen) atoms. The third-order valence-electron chi connectivity index (χ3n) is 3.29. The lowest BCUT2D eigenvalue weighted by atomic mass is 10.1. The molecule has 0 fully saturated rings. The summed E-state index contributed by atoms with van der Waals surface area (Å²) in [5.41, 5.74) is 4.84. The second-order valence-corrected chi connectivity index (χ2v) is 4.93. The lowest BCUT2D eigenvalue weighted by Crippen LogP contribution is -1.90. The van der Waals surface area contributed by atoms with Crippen LogP contribution in [-0.2, 0) is 5.88 Å². The van der Waals surface area contributed by atoms with Crippen LogP contribution in [0.15, 0.2) is 53.1 Å². The van der Waals surface area contributed by atoms with E-state index in [0.29, 0.717) is 17.5 Å². The Morgan fingerprint density at radius 2 is 1.62 bits per heavy atom. The first-order valence-corrected chi connectivity index (χ1v) is 7.05. The van der Waals surface area contributed by atoms with E-state index in [2.05, 4.69) is 9.97 Å². The van der Waals surface area contributed by atoms with E-state index in [9.17, 15) is 0 Å². The summed E-state index contributed by atoms with van der Waals surface area (Å²) >= 11 is 5.77. The molecule has 2 aromatic carbocycles. The van der Waals surface area contributed by atoms with Crippen molar-refractivity contribution in [3.8, 4) is 11.5 Å². The van der Waals surface area contributed by atoms with Crippen LogP contribution >= 0.6 is 11.6 Å². The van der Waals surface area contributed by atoms with E-state index in [1.807, 2.05) is 42.5 Å². The highest BCUT2D eigenvalue weighted by molar-refractivity contribution is 6.16. The molecule has 2 aromatic heterocycles. The predicted molar refractivity (Wildman–Crippen MR) is 82.1 cm³/mol. The summed E-state index contributed by atoms with van der Waals surface area (Å²) in [5.74, 6) is 0.837. The van der Waals surface area contributed by atoms with Crippen molar-refractivity contribution in [3.63, 3.8) is 0 Å². The van der Waals surface area contributed by atoms with Crippen molar-refractivity contribution in [1.82, 2.24) is 15.0 Å². The zero-order chi connectivity index (χ0) is 14.2. The predicted octanol–water partition coefficient (Wildman–Crippen LogP) is 4.18. The lowest BCUT2D eigenvalue weighted by Gasteiger charge is -2.04. The monoisotopic (exact) mass is 295 g/mol. The van der Waals surface area contributed by atoms with Crippen LogP contribution in [0.3, 0.4) is 0 Å². The van der Waals surface area contributed by atoms with Gasteiger partial charge in [0.25, 0.3) is 0 Å². The fraction of sp³-hybridized carbons (Fsp3) is 0.0625. The SMILES string of the molecule is ClCc1coc(-c2cccc3nc4ccccc4nc23)n1. The molecule has 5 heteroatoms. The average molecular weight is 296 g/mol. The van der Waals surface area contributed by atoms with E-state index in [-0.39, 0.29) is 0 Å². The summed E-state index contributed by atoms with van der Waals surface area (Å²) in [5, 5.41) is 0. The molecule has 2 heterocycles. The van der Waals surface area contributed by atoms with Gasteiger partial charge < -0.3 is 4.42 Å². The maximum Gasteiger partial charge on any atom is 0.228 e. The molecule has 4 nitrogen and oxygen atoms in total. The van der Waals surface area contributed by atoms with Gasteiger partial charge in [-0.3, -0.25) is 0 Å². The highest BCUT2D eigenvalue weighted by Crippen LogP contribution is 2.27. The third-order valence-corrected chi connectivity index (χ3v) is 3.56. The van der Waals surface area contributed by atoms with Gasteiger partial charge in [0, 0.05) is 0 Å². The van der Waals surface area contributed by atoms with Crippen LogP contribution in [0.25, 0.3) is 33.5 Å². The van der Waals surface area contributed by atoms with Gasteiger partial charge >= 0.3 is 0 Å². The van der Waals surface area contributed by atoms with Gasteiger partial charge in [0.05, 0.1) is 33.7 Å². The van der Waals surface area contributed by atoms with Crippen molar-refractivity contribution >= 4 is 33.7 Å². The van der Waals surface area contributed by atoms with Gasteiger partial charge in [-0.25, -0.2) is 15.0 Å². The number of nitrogens with zero attached hydrogens (tertiary/aromatic N) is 3. The van der Waals surface area contributed by atoms with Crippen LogP contribution in [0.2, 0.25) is 0 Å². The quantitative estimate of drug-likeness (QED) is 0.411. The number of hydrogen-bond acceptors (Lipinski definition) is 4. The normalized spacial score (nSPS) is 11.3. The van der Waals surface area contributed by atoms with Crippen LogP contribution < -0.4 is 0 Å². The number of rotatable bonds is 2. The highest BCUT2D eigenvalue weighted by Gasteiger charge is 2.12. The van der Waals surface area contributed by atoms with E-state index in [0.717, 1.165) is 27.6 Å². The number of para-hydroxylation sites is 3. The molecule has 0 aliphatic heterocycles. The average Bonchev–Trinajstić information content (AvgIpc) is 3.01. The molecule has 102 valence electrons. The standard InChI is InChI=1S/C16H10ClN3O/c17-8-10-9-21-16(18-10)11-4-3-7-14-15(11)20-13-6-2-1-5-12(13)19-14/h1-7,9H,8H2. The summed E-state index contributed by atoms with van der Waals surface area (Å²) in [6.45, 7) is 0. The van der Waals surface area contributed by atoms with Crippen molar-refractivity contribution in [2.45, 2.75) is 5.88 Å². The molecule has 0 amide bonds.